The zero-order chi connectivity index (χ0) is 14.0. The van der Waals surface area contributed by atoms with E-state index in [-0.39, 0.29) is 12.5 Å². The quantitative estimate of drug-likeness (QED) is 0.858. The van der Waals surface area contributed by atoms with Crippen LogP contribution in [0.3, 0.4) is 0 Å². The van der Waals surface area contributed by atoms with Gasteiger partial charge < -0.3 is 19.5 Å². The average Bonchev–Trinajstić information content (AvgIpc) is 2.84. The molecule has 1 N–H and O–H groups in total. The van der Waals surface area contributed by atoms with E-state index < -0.39 is 0 Å². The van der Waals surface area contributed by atoms with E-state index in [9.17, 15) is 4.79 Å². The minimum Gasteiger partial charge on any atom is -0.372 e. The first-order valence-electron chi connectivity index (χ1n) is 5.95. The lowest BCUT2D eigenvalue weighted by Gasteiger charge is -2.21. The second kappa shape index (κ2) is 5.13. The molecular weight excluding hydrogens is 244 g/mol. The number of fused-ring (bicyclic) bond motifs is 1. The van der Waals surface area contributed by atoms with Crippen molar-refractivity contribution >= 4 is 23.2 Å². The Morgan fingerprint density at radius 2 is 2.16 bits per heavy atom. The molecule has 7 heteroatoms. The van der Waals surface area contributed by atoms with Crippen LogP contribution < -0.4 is 10.2 Å². The molecule has 0 radical (unpaired) electrons. The Morgan fingerprint density at radius 1 is 1.42 bits per heavy atom. The predicted octanol–water partition coefficient (Wildman–Crippen LogP) is 0.295. The van der Waals surface area contributed by atoms with Crippen molar-refractivity contribution in [1.82, 2.24) is 19.3 Å². The highest BCUT2D eigenvalue weighted by atomic mass is 16.2. The number of hydrogen-bond acceptors (Lipinski definition) is 5. The second-order valence-electron chi connectivity index (χ2n) is 4.50. The Morgan fingerprint density at radius 3 is 2.79 bits per heavy atom. The highest BCUT2D eigenvalue weighted by Gasteiger charge is 2.15. The van der Waals surface area contributed by atoms with Gasteiger partial charge in [0.1, 0.15) is 5.82 Å². The number of nitrogens with zero attached hydrogens (tertiary/aromatic N) is 5. The topological polar surface area (TPSA) is 65.8 Å². The number of aromatic nitrogens is 3. The summed E-state index contributed by atoms with van der Waals surface area (Å²) in [5.41, 5.74) is 0.730. The van der Waals surface area contributed by atoms with Crippen molar-refractivity contribution in [1.29, 1.82) is 0 Å². The molecule has 0 fully saturated rings. The van der Waals surface area contributed by atoms with Crippen molar-refractivity contribution in [3.8, 4) is 0 Å². The van der Waals surface area contributed by atoms with E-state index in [1.165, 1.54) is 0 Å². The summed E-state index contributed by atoms with van der Waals surface area (Å²) >= 11 is 0. The fourth-order valence-corrected chi connectivity index (χ4v) is 1.71. The number of nitrogens with one attached hydrogen (secondary N) is 1. The fraction of sp³-hybridized carbons (Fsp3) is 0.417. The van der Waals surface area contributed by atoms with Gasteiger partial charge in [-0.3, -0.25) is 4.79 Å². The van der Waals surface area contributed by atoms with Gasteiger partial charge in [0.2, 0.25) is 5.91 Å². The van der Waals surface area contributed by atoms with Crippen LogP contribution in [0.15, 0.2) is 18.6 Å². The molecule has 2 aromatic heterocycles. The van der Waals surface area contributed by atoms with Crippen LogP contribution in [0.25, 0.3) is 5.65 Å². The lowest BCUT2D eigenvalue weighted by atomic mass is 10.4. The number of carbonyl (C=O) groups excluding carboxylic acids is 1. The van der Waals surface area contributed by atoms with Crippen LogP contribution >= 0.6 is 0 Å². The Kier molecular flexibility index (Phi) is 3.55. The van der Waals surface area contributed by atoms with E-state index in [0.29, 0.717) is 5.82 Å². The van der Waals surface area contributed by atoms with Crippen molar-refractivity contribution in [3.05, 3.63) is 18.6 Å². The van der Waals surface area contributed by atoms with Crippen LogP contribution in [0.2, 0.25) is 0 Å². The predicted molar refractivity (Wildman–Crippen MR) is 74.5 cm³/mol. The summed E-state index contributed by atoms with van der Waals surface area (Å²) in [5, 5.41) is 3.00. The van der Waals surface area contributed by atoms with Gasteiger partial charge in [0.05, 0.1) is 12.7 Å². The van der Waals surface area contributed by atoms with Gasteiger partial charge in [0.25, 0.3) is 0 Å². The van der Waals surface area contributed by atoms with E-state index in [2.05, 4.69) is 15.3 Å². The third-order valence-corrected chi connectivity index (χ3v) is 2.85. The first-order valence-corrected chi connectivity index (χ1v) is 5.95. The zero-order valence-electron chi connectivity index (χ0n) is 11.6. The fourth-order valence-electron chi connectivity index (χ4n) is 1.71. The molecule has 2 heterocycles. The first-order chi connectivity index (χ1) is 9.02. The standard InChI is InChI=1S/C12H18N6O/c1-13-9-7-18-6-5-14-11(18)12(15-9)17(4)8-10(19)16(2)3/h5-7,13H,8H2,1-4H3. The van der Waals surface area contributed by atoms with E-state index >= 15 is 0 Å². The number of amides is 1. The summed E-state index contributed by atoms with van der Waals surface area (Å²) in [6.07, 6.45) is 5.41. The molecule has 2 rings (SSSR count). The molecule has 7 nitrogen and oxygen atoms in total. The molecule has 0 saturated carbocycles. The van der Waals surface area contributed by atoms with Crippen LogP contribution in [-0.4, -0.2) is 59.9 Å². The van der Waals surface area contributed by atoms with Gasteiger partial charge in [-0.2, -0.15) is 0 Å². The molecule has 0 aliphatic rings. The van der Waals surface area contributed by atoms with Crippen LogP contribution in [0.1, 0.15) is 0 Å². The molecule has 0 aliphatic carbocycles. The van der Waals surface area contributed by atoms with E-state index in [0.717, 1.165) is 11.5 Å². The molecule has 0 bridgehead atoms. The molecular formula is C12H18N6O. The molecule has 0 spiro atoms. The van der Waals surface area contributed by atoms with Crippen molar-refractivity contribution in [2.75, 3.05) is 45.0 Å². The number of imidazole rings is 1. The Hall–Kier alpha value is -2.31. The molecule has 0 saturated heterocycles. The third kappa shape index (κ3) is 2.59. The first kappa shape index (κ1) is 13.1. The number of carbonyl (C=O) groups is 1. The van der Waals surface area contributed by atoms with Gasteiger partial charge in [0, 0.05) is 40.6 Å². The lowest BCUT2D eigenvalue weighted by molar-refractivity contribution is -0.127. The normalized spacial score (nSPS) is 10.5. The van der Waals surface area contributed by atoms with Gasteiger partial charge in [-0.15, -0.1) is 0 Å². The average molecular weight is 262 g/mol. The van der Waals surface area contributed by atoms with E-state index in [1.54, 1.807) is 37.1 Å². The number of rotatable bonds is 4. The summed E-state index contributed by atoms with van der Waals surface area (Å²) in [5.74, 6) is 1.42. The molecule has 2 aromatic rings. The number of anilines is 2. The van der Waals surface area contributed by atoms with Crippen molar-refractivity contribution in [2.24, 2.45) is 0 Å². The SMILES string of the molecule is CNc1cn2ccnc2c(N(C)CC(=O)N(C)C)n1. The Labute approximate surface area is 111 Å². The Balaban J connectivity index is 2.37. The van der Waals surface area contributed by atoms with Crippen LogP contribution in [0.4, 0.5) is 11.6 Å². The van der Waals surface area contributed by atoms with E-state index in [1.807, 2.05) is 23.8 Å². The number of hydrogen-bond donors (Lipinski definition) is 1. The largest absolute Gasteiger partial charge is 0.372 e. The zero-order valence-corrected chi connectivity index (χ0v) is 11.6. The van der Waals surface area contributed by atoms with Gasteiger partial charge in [-0.25, -0.2) is 9.97 Å². The van der Waals surface area contributed by atoms with Gasteiger partial charge in [-0.1, -0.05) is 0 Å². The van der Waals surface area contributed by atoms with Crippen LogP contribution in [0.5, 0.6) is 0 Å². The van der Waals surface area contributed by atoms with Gasteiger partial charge in [0.15, 0.2) is 11.5 Å². The molecule has 102 valence electrons. The molecule has 0 aliphatic heterocycles. The second-order valence-corrected chi connectivity index (χ2v) is 4.50. The molecule has 0 unspecified atom stereocenters. The maximum Gasteiger partial charge on any atom is 0.241 e. The summed E-state index contributed by atoms with van der Waals surface area (Å²) < 4.78 is 1.88. The van der Waals surface area contributed by atoms with Crippen molar-refractivity contribution in [3.63, 3.8) is 0 Å². The van der Waals surface area contributed by atoms with Crippen LogP contribution in [-0.2, 0) is 4.79 Å². The van der Waals surface area contributed by atoms with E-state index in [4.69, 9.17) is 0 Å². The minimum absolute atomic E-state index is 0.0175. The Bertz CT molecular complexity index is 591. The summed E-state index contributed by atoms with van der Waals surface area (Å²) in [4.78, 5) is 23.9. The molecule has 19 heavy (non-hydrogen) atoms. The minimum atomic E-state index is 0.0175. The molecule has 0 atom stereocenters. The highest BCUT2D eigenvalue weighted by molar-refractivity contribution is 5.82. The van der Waals surface area contributed by atoms with Crippen LogP contribution in [0, 0.1) is 0 Å². The monoisotopic (exact) mass is 262 g/mol. The third-order valence-electron chi connectivity index (χ3n) is 2.85. The summed E-state index contributed by atoms with van der Waals surface area (Å²) in [6.45, 7) is 0.260. The highest BCUT2D eigenvalue weighted by Crippen LogP contribution is 2.19. The maximum atomic E-state index is 11.8. The summed E-state index contributed by atoms with van der Waals surface area (Å²) in [7, 11) is 7.11. The molecule has 0 aromatic carbocycles. The van der Waals surface area contributed by atoms with Crippen molar-refractivity contribution in [2.45, 2.75) is 0 Å². The number of likely N-dealkylation sites (N-methyl/N-ethyl adjacent to an activating group) is 2. The smallest absolute Gasteiger partial charge is 0.241 e. The molecule has 1 amide bonds. The maximum absolute atomic E-state index is 11.8. The van der Waals surface area contributed by atoms with Gasteiger partial charge in [-0.05, 0) is 0 Å². The lowest BCUT2D eigenvalue weighted by Crippen LogP contribution is -2.35. The van der Waals surface area contributed by atoms with Gasteiger partial charge >= 0.3 is 0 Å². The van der Waals surface area contributed by atoms with Crippen molar-refractivity contribution < 1.29 is 4.79 Å². The summed E-state index contributed by atoms with van der Waals surface area (Å²) in [6, 6.07) is 0.